The Kier molecular flexibility index (Phi) is 3.99. The summed E-state index contributed by atoms with van der Waals surface area (Å²) in [6.07, 6.45) is 0. The zero-order valence-electron chi connectivity index (χ0n) is 11.0. The molecule has 2 N–H and O–H groups in total. The molecule has 0 radical (unpaired) electrons. The lowest BCUT2D eigenvalue weighted by Crippen LogP contribution is -2.21. The number of esters is 1. The summed E-state index contributed by atoms with van der Waals surface area (Å²) in [5.74, 6) is 0.337. The van der Waals surface area contributed by atoms with Crippen LogP contribution >= 0.6 is 0 Å². The van der Waals surface area contributed by atoms with Gasteiger partial charge in [0.2, 0.25) is 0 Å². The van der Waals surface area contributed by atoms with Crippen LogP contribution in [0.15, 0.2) is 34.9 Å². The summed E-state index contributed by atoms with van der Waals surface area (Å²) in [6.45, 7) is 1.71. The van der Waals surface area contributed by atoms with Crippen LogP contribution < -0.4 is 10.6 Å². The molecular formula is C13H13N3O4. The van der Waals surface area contributed by atoms with Crippen molar-refractivity contribution in [2.75, 3.05) is 17.7 Å². The molecular weight excluding hydrogens is 262 g/mol. The molecule has 0 unspecified atom stereocenters. The van der Waals surface area contributed by atoms with Gasteiger partial charge in [-0.1, -0.05) is 17.3 Å². The largest absolute Gasteiger partial charge is 0.465 e. The summed E-state index contributed by atoms with van der Waals surface area (Å²) in [4.78, 5) is 23.4. The van der Waals surface area contributed by atoms with Gasteiger partial charge in [-0.15, -0.1) is 0 Å². The molecule has 7 nitrogen and oxygen atoms in total. The number of hydrogen-bond donors (Lipinski definition) is 2. The fourth-order valence-electron chi connectivity index (χ4n) is 1.58. The Balaban J connectivity index is 2.10. The number of aromatic nitrogens is 1. The maximum absolute atomic E-state index is 11.8. The summed E-state index contributed by atoms with van der Waals surface area (Å²) in [6, 6.07) is 7.57. The van der Waals surface area contributed by atoms with Crippen LogP contribution in [0.4, 0.5) is 16.3 Å². The number of anilines is 2. The summed E-state index contributed by atoms with van der Waals surface area (Å²) in [5, 5.41) is 8.67. The molecule has 7 heteroatoms. The van der Waals surface area contributed by atoms with Crippen molar-refractivity contribution >= 4 is 23.5 Å². The van der Waals surface area contributed by atoms with E-state index < -0.39 is 12.0 Å². The molecule has 1 aromatic heterocycles. The van der Waals surface area contributed by atoms with Gasteiger partial charge in [-0.2, -0.15) is 0 Å². The SMILES string of the molecule is COC(=O)c1ccccc1NC(=O)Nc1cc(C)on1. The number of urea groups is 1. The summed E-state index contributed by atoms with van der Waals surface area (Å²) < 4.78 is 9.47. The lowest BCUT2D eigenvalue weighted by Gasteiger charge is -2.09. The third kappa shape index (κ3) is 3.14. The highest BCUT2D eigenvalue weighted by Crippen LogP contribution is 2.16. The molecule has 0 aliphatic carbocycles. The molecule has 0 aliphatic heterocycles. The van der Waals surface area contributed by atoms with Crippen molar-refractivity contribution in [3.8, 4) is 0 Å². The van der Waals surface area contributed by atoms with E-state index in [9.17, 15) is 9.59 Å². The van der Waals surface area contributed by atoms with Crippen LogP contribution in [0.3, 0.4) is 0 Å². The normalized spacial score (nSPS) is 9.90. The molecule has 2 aromatic rings. The Bertz CT molecular complexity index is 636. The number of ether oxygens (including phenoxy) is 1. The molecule has 0 fully saturated rings. The van der Waals surface area contributed by atoms with Crippen LogP contribution in [-0.4, -0.2) is 24.3 Å². The Morgan fingerprint density at radius 3 is 2.65 bits per heavy atom. The quantitative estimate of drug-likeness (QED) is 0.839. The number of amides is 2. The number of rotatable bonds is 3. The van der Waals surface area contributed by atoms with Gasteiger partial charge in [0.1, 0.15) is 5.76 Å². The number of carbonyl (C=O) groups is 2. The van der Waals surface area contributed by atoms with Crippen molar-refractivity contribution in [1.29, 1.82) is 0 Å². The molecule has 2 rings (SSSR count). The van der Waals surface area contributed by atoms with Gasteiger partial charge in [0, 0.05) is 6.07 Å². The molecule has 0 aliphatic rings. The van der Waals surface area contributed by atoms with E-state index in [0.717, 1.165) is 0 Å². The summed E-state index contributed by atoms with van der Waals surface area (Å²) >= 11 is 0. The first-order valence-corrected chi connectivity index (χ1v) is 5.79. The average molecular weight is 275 g/mol. The van der Waals surface area contributed by atoms with E-state index in [2.05, 4.69) is 20.5 Å². The highest BCUT2D eigenvalue weighted by atomic mass is 16.5. The van der Waals surface area contributed by atoms with E-state index in [0.29, 0.717) is 11.4 Å². The van der Waals surface area contributed by atoms with Crippen molar-refractivity contribution in [3.05, 3.63) is 41.7 Å². The van der Waals surface area contributed by atoms with Gasteiger partial charge in [-0.3, -0.25) is 5.32 Å². The predicted molar refractivity (Wildman–Crippen MR) is 71.7 cm³/mol. The molecule has 2 amide bonds. The number of nitrogens with zero attached hydrogens (tertiary/aromatic N) is 1. The number of aryl methyl sites for hydroxylation is 1. The van der Waals surface area contributed by atoms with E-state index in [1.165, 1.54) is 7.11 Å². The second-order valence-corrected chi connectivity index (χ2v) is 3.94. The van der Waals surface area contributed by atoms with E-state index in [-0.39, 0.29) is 11.4 Å². The van der Waals surface area contributed by atoms with Gasteiger partial charge in [0.25, 0.3) is 0 Å². The van der Waals surface area contributed by atoms with Gasteiger partial charge in [-0.25, -0.2) is 9.59 Å². The highest BCUT2D eigenvalue weighted by molar-refractivity contribution is 6.04. The molecule has 0 saturated heterocycles. The van der Waals surface area contributed by atoms with Gasteiger partial charge in [-0.05, 0) is 19.1 Å². The standard InChI is InChI=1S/C13H13N3O4/c1-8-7-11(16-20-8)15-13(18)14-10-6-4-3-5-9(10)12(17)19-2/h3-7H,1-2H3,(H2,14,15,16,18). The van der Waals surface area contributed by atoms with Crippen LogP contribution in [0.2, 0.25) is 0 Å². The van der Waals surface area contributed by atoms with E-state index in [1.54, 1.807) is 37.3 Å². The van der Waals surface area contributed by atoms with Crippen molar-refractivity contribution in [3.63, 3.8) is 0 Å². The summed E-state index contributed by atoms with van der Waals surface area (Å²) in [7, 11) is 1.28. The minimum absolute atomic E-state index is 0.265. The lowest BCUT2D eigenvalue weighted by atomic mass is 10.2. The van der Waals surface area contributed by atoms with Gasteiger partial charge >= 0.3 is 12.0 Å². The second kappa shape index (κ2) is 5.87. The Morgan fingerprint density at radius 1 is 1.25 bits per heavy atom. The Labute approximate surface area is 114 Å². The molecule has 20 heavy (non-hydrogen) atoms. The van der Waals surface area contributed by atoms with Gasteiger partial charge in [0.15, 0.2) is 5.82 Å². The molecule has 1 aromatic carbocycles. The molecule has 0 bridgehead atoms. The summed E-state index contributed by atoms with van der Waals surface area (Å²) in [5.41, 5.74) is 0.610. The average Bonchev–Trinajstić information content (AvgIpc) is 2.83. The van der Waals surface area contributed by atoms with E-state index >= 15 is 0 Å². The molecule has 0 atom stereocenters. The topological polar surface area (TPSA) is 93.5 Å². The van der Waals surface area contributed by atoms with Gasteiger partial charge < -0.3 is 14.6 Å². The van der Waals surface area contributed by atoms with Crippen LogP contribution in [0.5, 0.6) is 0 Å². The van der Waals surface area contributed by atoms with Crippen LogP contribution in [0.25, 0.3) is 0 Å². The minimum atomic E-state index is -0.533. The van der Waals surface area contributed by atoms with E-state index in [4.69, 9.17) is 4.52 Å². The van der Waals surface area contributed by atoms with Crippen LogP contribution in [0.1, 0.15) is 16.1 Å². The number of hydrogen-bond acceptors (Lipinski definition) is 5. The number of methoxy groups -OCH3 is 1. The van der Waals surface area contributed by atoms with Crippen molar-refractivity contribution in [2.45, 2.75) is 6.92 Å². The van der Waals surface area contributed by atoms with Gasteiger partial charge in [0.05, 0.1) is 18.4 Å². The molecule has 0 spiro atoms. The number of nitrogens with one attached hydrogen (secondary N) is 2. The first kappa shape index (κ1) is 13.6. The highest BCUT2D eigenvalue weighted by Gasteiger charge is 2.13. The smallest absolute Gasteiger partial charge is 0.339 e. The third-order valence-corrected chi connectivity index (χ3v) is 2.45. The zero-order chi connectivity index (χ0) is 14.5. The molecule has 1 heterocycles. The minimum Gasteiger partial charge on any atom is -0.465 e. The second-order valence-electron chi connectivity index (χ2n) is 3.94. The Morgan fingerprint density at radius 2 is 2.00 bits per heavy atom. The lowest BCUT2D eigenvalue weighted by molar-refractivity contribution is 0.0602. The van der Waals surface area contributed by atoms with Crippen LogP contribution in [-0.2, 0) is 4.74 Å². The van der Waals surface area contributed by atoms with Crippen LogP contribution in [0, 0.1) is 6.92 Å². The first-order chi connectivity index (χ1) is 9.60. The van der Waals surface area contributed by atoms with Crippen molar-refractivity contribution in [2.24, 2.45) is 0 Å². The molecule has 104 valence electrons. The number of para-hydroxylation sites is 1. The number of carbonyl (C=O) groups excluding carboxylic acids is 2. The molecule has 0 saturated carbocycles. The van der Waals surface area contributed by atoms with Crippen molar-refractivity contribution in [1.82, 2.24) is 5.16 Å². The Hall–Kier alpha value is -2.83. The number of benzene rings is 1. The monoisotopic (exact) mass is 275 g/mol. The maximum Gasteiger partial charge on any atom is 0.339 e. The third-order valence-electron chi connectivity index (χ3n) is 2.45. The predicted octanol–water partition coefficient (Wildman–Crippen LogP) is 2.41. The van der Waals surface area contributed by atoms with E-state index in [1.807, 2.05) is 0 Å². The first-order valence-electron chi connectivity index (χ1n) is 5.79. The maximum atomic E-state index is 11.8. The fourth-order valence-corrected chi connectivity index (χ4v) is 1.58. The fraction of sp³-hybridized carbons (Fsp3) is 0.154. The zero-order valence-corrected chi connectivity index (χ0v) is 11.0. The van der Waals surface area contributed by atoms with Crippen molar-refractivity contribution < 1.29 is 18.8 Å².